The predicted molar refractivity (Wildman–Crippen MR) is 73.0 cm³/mol. The van der Waals surface area contributed by atoms with E-state index in [1.54, 1.807) is 24.3 Å². The zero-order chi connectivity index (χ0) is 13.5. The summed E-state index contributed by atoms with van der Waals surface area (Å²) in [6.07, 6.45) is 2.35. The SMILES string of the molecule is Nc1ccc(OCCC(=O)NC2CCCOC2)cc1. The molecule has 1 fully saturated rings. The highest BCUT2D eigenvalue weighted by Gasteiger charge is 2.15. The Labute approximate surface area is 113 Å². The molecule has 0 bridgehead atoms. The lowest BCUT2D eigenvalue weighted by Gasteiger charge is -2.23. The van der Waals surface area contributed by atoms with Gasteiger partial charge in [-0.15, -0.1) is 0 Å². The van der Waals surface area contributed by atoms with Crippen LogP contribution in [0.15, 0.2) is 24.3 Å². The fourth-order valence-corrected chi connectivity index (χ4v) is 1.98. The fraction of sp³-hybridized carbons (Fsp3) is 0.500. The van der Waals surface area contributed by atoms with Crippen molar-refractivity contribution in [1.82, 2.24) is 5.32 Å². The van der Waals surface area contributed by atoms with Gasteiger partial charge in [-0.25, -0.2) is 0 Å². The highest BCUT2D eigenvalue weighted by atomic mass is 16.5. The molecule has 1 aliphatic rings. The number of benzene rings is 1. The lowest BCUT2D eigenvalue weighted by Crippen LogP contribution is -2.41. The van der Waals surface area contributed by atoms with Crippen LogP contribution in [0, 0.1) is 0 Å². The van der Waals surface area contributed by atoms with Crippen molar-refractivity contribution in [3.05, 3.63) is 24.3 Å². The smallest absolute Gasteiger partial charge is 0.223 e. The summed E-state index contributed by atoms with van der Waals surface area (Å²) in [5, 5.41) is 2.95. The van der Waals surface area contributed by atoms with Gasteiger partial charge in [0.1, 0.15) is 5.75 Å². The molecule has 1 amide bonds. The van der Waals surface area contributed by atoms with E-state index in [1.165, 1.54) is 0 Å². The second kappa shape index (κ2) is 6.99. The average Bonchev–Trinajstić information content (AvgIpc) is 2.42. The van der Waals surface area contributed by atoms with E-state index >= 15 is 0 Å². The van der Waals surface area contributed by atoms with Gasteiger partial charge in [-0.2, -0.15) is 0 Å². The molecule has 104 valence electrons. The van der Waals surface area contributed by atoms with Crippen LogP contribution in [0.2, 0.25) is 0 Å². The Morgan fingerprint density at radius 1 is 1.42 bits per heavy atom. The standard InChI is InChI=1S/C14H20N2O3/c15-11-3-5-13(6-4-11)19-9-7-14(17)16-12-2-1-8-18-10-12/h3-6,12H,1-2,7-10,15H2,(H,16,17). The molecular weight excluding hydrogens is 244 g/mol. The van der Waals surface area contributed by atoms with Gasteiger partial charge in [0.2, 0.25) is 5.91 Å². The Hall–Kier alpha value is -1.75. The van der Waals surface area contributed by atoms with E-state index < -0.39 is 0 Å². The Balaban J connectivity index is 1.64. The summed E-state index contributed by atoms with van der Waals surface area (Å²) in [7, 11) is 0. The van der Waals surface area contributed by atoms with Crippen LogP contribution in [0.1, 0.15) is 19.3 Å². The van der Waals surface area contributed by atoms with E-state index in [0.717, 1.165) is 25.2 Å². The van der Waals surface area contributed by atoms with Crippen molar-refractivity contribution in [2.75, 3.05) is 25.6 Å². The summed E-state index contributed by atoms with van der Waals surface area (Å²) in [6, 6.07) is 7.28. The van der Waals surface area contributed by atoms with Crippen LogP contribution >= 0.6 is 0 Å². The summed E-state index contributed by atoms with van der Waals surface area (Å²) in [6.45, 7) is 1.78. The molecule has 2 rings (SSSR count). The fourth-order valence-electron chi connectivity index (χ4n) is 1.98. The first kappa shape index (κ1) is 13.7. The van der Waals surface area contributed by atoms with Crippen molar-refractivity contribution in [2.24, 2.45) is 0 Å². The van der Waals surface area contributed by atoms with Gasteiger partial charge in [0, 0.05) is 12.3 Å². The van der Waals surface area contributed by atoms with Crippen LogP contribution in [-0.4, -0.2) is 31.8 Å². The second-order valence-corrected chi connectivity index (χ2v) is 4.65. The molecular formula is C14H20N2O3. The molecule has 5 nitrogen and oxygen atoms in total. The normalized spacial score (nSPS) is 18.8. The lowest BCUT2D eigenvalue weighted by atomic mass is 10.1. The van der Waals surface area contributed by atoms with Gasteiger partial charge in [-0.1, -0.05) is 0 Å². The summed E-state index contributed by atoms with van der Waals surface area (Å²) >= 11 is 0. The zero-order valence-electron chi connectivity index (χ0n) is 10.9. The van der Waals surface area contributed by atoms with Gasteiger partial charge in [-0.05, 0) is 37.1 Å². The third-order valence-electron chi connectivity index (χ3n) is 3.00. The molecule has 1 unspecified atom stereocenters. The maximum absolute atomic E-state index is 11.7. The number of carbonyl (C=O) groups excluding carboxylic acids is 1. The van der Waals surface area contributed by atoms with Gasteiger partial charge < -0.3 is 20.5 Å². The Bertz CT molecular complexity index is 400. The lowest BCUT2D eigenvalue weighted by molar-refractivity contribution is -0.123. The van der Waals surface area contributed by atoms with Crippen molar-refractivity contribution >= 4 is 11.6 Å². The number of ether oxygens (including phenoxy) is 2. The van der Waals surface area contributed by atoms with Gasteiger partial charge in [0.05, 0.1) is 25.7 Å². The third-order valence-corrected chi connectivity index (χ3v) is 3.00. The third kappa shape index (κ3) is 4.79. The minimum absolute atomic E-state index is 0.00550. The number of carbonyl (C=O) groups is 1. The highest BCUT2D eigenvalue weighted by Crippen LogP contribution is 2.13. The molecule has 1 aromatic carbocycles. The first-order valence-electron chi connectivity index (χ1n) is 6.59. The summed E-state index contributed by atoms with van der Waals surface area (Å²) in [4.78, 5) is 11.7. The molecule has 1 aromatic rings. The van der Waals surface area contributed by atoms with Crippen LogP contribution in [0.5, 0.6) is 5.75 Å². The molecule has 1 saturated heterocycles. The predicted octanol–water partition coefficient (Wildman–Crippen LogP) is 1.33. The number of nitrogen functional groups attached to an aromatic ring is 1. The van der Waals surface area contributed by atoms with Crippen molar-refractivity contribution in [2.45, 2.75) is 25.3 Å². The van der Waals surface area contributed by atoms with E-state index in [1.807, 2.05) is 0 Å². The van der Waals surface area contributed by atoms with Gasteiger partial charge >= 0.3 is 0 Å². The van der Waals surface area contributed by atoms with Crippen molar-refractivity contribution in [1.29, 1.82) is 0 Å². The Morgan fingerprint density at radius 3 is 2.89 bits per heavy atom. The first-order valence-corrected chi connectivity index (χ1v) is 6.59. The highest BCUT2D eigenvalue weighted by molar-refractivity contribution is 5.76. The van der Waals surface area contributed by atoms with Crippen molar-refractivity contribution < 1.29 is 14.3 Å². The van der Waals surface area contributed by atoms with Gasteiger partial charge in [0.15, 0.2) is 0 Å². The molecule has 1 heterocycles. The molecule has 1 aliphatic heterocycles. The quantitative estimate of drug-likeness (QED) is 0.787. The van der Waals surface area contributed by atoms with Crippen molar-refractivity contribution in [3.8, 4) is 5.75 Å². The van der Waals surface area contributed by atoms with Crippen LogP contribution < -0.4 is 15.8 Å². The molecule has 0 spiro atoms. The average molecular weight is 264 g/mol. The molecule has 0 radical (unpaired) electrons. The maximum atomic E-state index is 11.7. The molecule has 5 heteroatoms. The van der Waals surface area contributed by atoms with E-state index in [0.29, 0.717) is 25.3 Å². The Morgan fingerprint density at radius 2 is 2.21 bits per heavy atom. The number of nitrogens with two attached hydrogens (primary N) is 1. The van der Waals surface area contributed by atoms with Crippen LogP contribution in [0.4, 0.5) is 5.69 Å². The largest absolute Gasteiger partial charge is 0.493 e. The number of anilines is 1. The van der Waals surface area contributed by atoms with Gasteiger partial charge in [-0.3, -0.25) is 4.79 Å². The van der Waals surface area contributed by atoms with Gasteiger partial charge in [0.25, 0.3) is 0 Å². The summed E-state index contributed by atoms with van der Waals surface area (Å²) < 4.78 is 10.8. The number of nitrogens with one attached hydrogen (secondary N) is 1. The minimum atomic E-state index is 0.00550. The van der Waals surface area contributed by atoms with Crippen LogP contribution in [-0.2, 0) is 9.53 Å². The number of hydrogen-bond acceptors (Lipinski definition) is 4. The molecule has 19 heavy (non-hydrogen) atoms. The number of rotatable bonds is 5. The van der Waals surface area contributed by atoms with Crippen LogP contribution in [0.25, 0.3) is 0 Å². The number of amides is 1. The minimum Gasteiger partial charge on any atom is -0.493 e. The maximum Gasteiger partial charge on any atom is 0.223 e. The summed E-state index contributed by atoms with van der Waals surface area (Å²) in [5.74, 6) is 0.731. The van der Waals surface area contributed by atoms with Crippen LogP contribution in [0.3, 0.4) is 0 Å². The topological polar surface area (TPSA) is 73.6 Å². The molecule has 0 aromatic heterocycles. The second-order valence-electron chi connectivity index (χ2n) is 4.65. The monoisotopic (exact) mass is 264 g/mol. The first-order chi connectivity index (χ1) is 9.24. The van der Waals surface area contributed by atoms with E-state index in [-0.39, 0.29) is 11.9 Å². The van der Waals surface area contributed by atoms with E-state index in [9.17, 15) is 4.79 Å². The summed E-state index contributed by atoms with van der Waals surface area (Å²) in [5.41, 5.74) is 6.27. The van der Waals surface area contributed by atoms with Crippen molar-refractivity contribution in [3.63, 3.8) is 0 Å². The molecule has 1 atom stereocenters. The van der Waals surface area contributed by atoms with E-state index in [2.05, 4.69) is 5.32 Å². The molecule has 3 N–H and O–H groups in total. The number of hydrogen-bond donors (Lipinski definition) is 2. The Kier molecular flexibility index (Phi) is 5.03. The van der Waals surface area contributed by atoms with E-state index in [4.69, 9.17) is 15.2 Å². The molecule has 0 saturated carbocycles. The zero-order valence-corrected chi connectivity index (χ0v) is 10.9. The molecule has 0 aliphatic carbocycles.